The lowest BCUT2D eigenvalue weighted by molar-refractivity contribution is 0.0712. The summed E-state index contributed by atoms with van der Waals surface area (Å²) in [6.07, 6.45) is 2.51. The first-order valence-corrected chi connectivity index (χ1v) is 7.71. The molecule has 1 saturated carbocycles. The molecule has 16 heavy (non-hydrogen) atoms. The Morgan fingerprint density at radius 3 is 2.81 bits per heavy atom. The zero-order valence-corrected chi connectivity index (χ0v) is 12.6. The molecule has 0 amide bonds. The number of nitrogens with one attached hydrogen (secondary N) is 1. The van der Waals surface area contributed by atoms with Crippen LogP contribution in [0.25, 0.3) is 0 Å². The summed E-state index contributed by atoms with van der Waals surface area (Å²) in [6, 6.07) is 2.86. The van der Waals surface area contributed by atoms with Crippen LogP contribution in [-0.4, -0.2) is 12.6 Å². The molecule has 1 aliphatic carbocycles. The summed E-state index contributed by atoms with van der Waals surface area (Å²) in [5.74, 6) is 0.719. The Hall–Kier alpha value is 0.140. The minimum absolute atomic E-state index is 0.391. The third kappa shape index (κ3) is 2.09. The first-order valence-electron chi connectivity index (χ1n) is 6.03. The van der Waals surface area contributed by atoms with E-state index in [1.54, 1.807) is 0 Å². The van der Waals surface area contributed by atoms with Crippen molar-refractivity contribution in [3.05, 3.63) is 20.8 Å². The summed E-state index contributed by atoms with van der Waals surface area (Å²) >= 11 is 5.54. The molecule has 0 radical (unpaired) electrons. The van der Waals surface area contributed by atoms with Crippen LogP contribution in [0.15, 0.2) is 15.9 Å². The van der Waals surface area contributed by atoms with E-state index in [9.17, 15) is 0 Å². The molecule has 0 aliphatic heterocycles. The smallest absolute Gasteiger partial charge is 0.0317 e. The van der Waals surface area contributed by atoms with Crippen molar-refractivity contribution in [3.63, 3.8) is 0 Å². The van der Waals surface area contributed by atoms with Crippen LogP contribution < -0.4 is 5.32 Å². The van der Waals surface area contributed by atoms with Crippen LogP contribution in [0.3, 0.4) is 0 Å². The van der Waals surface area contributed by atoms with Crippen molar-refractivity contribution in [2.45, 2.75) is 45.6 Å². The maximum absolute atomic E-state index is 3.66. The van der Waals surface area contributed by atoms with Gasteiger partial charge in [-0.3, -0.25) is 0 Å². The van der Waals surface area contributed by atoms with Gasteiger partial charge in [0.25, 0.3) is 0 Å². The average molecular weight is 302 g/mol. The fourth-order valence-electron chi connectivity index (χ4n) is 2.59. The number of hydrogen-bond acceptors (Lipinski definition) is 2. The van der Waals surface area contributed by atoms with Crippen molar-refractivity contribution >= 4 is 27.3 Å². The molecule has 1 heterocycles. The van der Waals surface area contributed by atoms with Gasteiger partial charge in [0.15, 0.2) is 0 Å². The molecule has 0 saturated heterocycles. The second kappa shape index (κ2) is 4.79. The normalized spacial score (nSPS) is 27.8. The van der Waals surface area contributed by atoms with Gasteiger partial charge in [-0.15, -0.1) is 11.3 Å². The van der Waals surface area contributed by atoms with Gasteiger partial charge in [-0.25, -0.2) is 0 Å². The summed E-state index contributed by atoms with van der Waals surface area (Å²) in [4.78, 5) is 1.53. The van der Waals surface area contributed by atoms with Crippen molar-refractivity contribution in [1.82, 2.24) is 5.32 Å². The molecule has 0 bridgehead atoms. The number of thiophene rings is 1. The fourth-order valence-corrected chi connectivity index (χ4v) is 4.55. The predicted molar refractivity (Wildman–Crippen MR) is 75.2 cm³/mol. The molecule has 0 aromatic carbocycles. The lowest BCUT2D eigenvalue weighted by Gasteiger charge is -2.52. The monoisotopic (exact) mass is 301 g/mol. The third-order valence-electron chi connectivity index (χ3n) is 3.87. The number of hydrogen-bond donors (Lipinski definition) is 1. The topological polar surface area (TPSA) is 12.0 Å². The standard InChI is InChI=1S/C13H20BrNS/c1-4-6-15-11-8-9(13(11,2)3)12-10(14)5-7-16-12/h5,7,9,11,15H,4,6,8H2,1-3H3. The van der Waals surface area contributed by atoms with Crippen LogP contribution in [0.4, 0.5) is 0 Å². The molecule has 2 rings (SSSR count). The quantitative estimate of drug-likeness (QED) is 0.869. The molecular formula is C13H20BrNS. The van der Waals surface area contributed by atoms with Crippen LogP contribution >= 0.6 is 27.3 Å². The Balaban J connectivity index is 2.04. The zero-order valence-electron chi connectivity index (χ0n) is 10.2. The Morgan fingerprint density at radius 2 is 2.31 bits per heavy atom. The van der Waals surface area contributed by atoms with Crippen molar-refractivity contribution in [2.24, 2.45) is 5.41 Å². The minimum Gasteiger partial charge on any atom is -0.313 e. The number of rotatable bonds is 4. The maximum atomic E-state index is 3.66. The van der Waals surface area contributed by atoms with E-state index in [2.05, 4.69) is 53.5 Å². The molecule has 1 N–H and O–H groups in total. The molecule has 1 aromatic rings. The van der Waals surface area contributed by atoms with E-state index < -0.39 is 0 Å². The van der Waals surface area contributed by atoms with Gasteiger partial charge in [-0.1, -0.05) is 20.8 Å². The number of halogens is 1. The van der Waals surface area contributed by atoms with Crippen molar-refractivity contribution in [3.8, 4) is 0 Å². The predicted octanol–water partition coefficient (Wildman–Crippen LogP) is 4.39. The van der Waals surface area contributed by atoms with Gasteiger partial charge in [0.05, 0.1) is 0 Å². The van der Waals surface area contributed by atoms with Gasteiger partial charge < -0.3 is 5.32 Å². The van der Waals surface area contributed by atoms with Crippen molar-refractivity contribution in [2.75, 3.05) is 6.54 Å². The second-order valence-electron chi connectivity index (χ2n) is 5.25. The van der Waals surface area contributed by atoms with Gasteiger partial charge in [0, 0.05) is 21.3 Å². The molecule has 0 spiro atoms. The highest BCUT2D eigenvalue weighted by Gasteiger charge is 2.49. The molecule has 1 aromatic heterocycles. The van der Waals surface area contributed by atoms with Gasteiger partial charge >= 0.3 is 0 Å². The van der Waals surface area contributed by atoms with E-state index in [1.807, 2.05) is 11.3 Å². The fraction of sp³-hybridized carbons (Fsp3) is 0.692. The SMILES string of the molecule is CCCNC1CC(c2sccc2Br)C1(C)C. The first-order chi connectivity index (χ1) is 7.57. The zero-order chi connectivity index (χ0) is 11.8. The molecule has 3 heteroatoms. The second-order valence-corrected chi connectivity index (χ2v) is 7.05. The molecule has 1 fully saturated rings. The van der Waals surface area contributed by atoms with Crippen LogP contribution in [-0.2, 0) is 0 Å². The van der Waals surface area contributed by atoms with E-state index in [-0.39, 0.29) is 0 Å². The third-order valence-corrected chi connectivity index (χ3v) is 5.85. The molecule has 2 unspecified atom stereocenters. The summed E-state index contributed by atoms with van der Waals surface area (Å²) < 4.78 is 1.30. The molecular weight excluding hydrogens is 282 g/mol. The van der Waals surface area contributed by atoms with Crippen LogP contribution in [0.5, 0.6) is 0 Å². The summed E-state index contributed by atoms with van der Waals surface area (Å²) in [7, 11) is 0. The van der Waals surface area contributed by atoms with E-state index in [0.717, 1.165) is 12.5 Å². The van der Waals surface area contributed by atoms with E-state index in [1.165, 1.54) is 22.2 Å². The van der Waals surface area contributed by atoms with E-state index in [4.69, 9.17) is 0 Å². The Labute approximate surface area is 111 Å². The molecule has 90 valence electrons. The van der Waals surface area contributed by atoms with Gasteiger partial charge in [0.1, 0.15) is 0 Å². The minimum atomic E-state index is 0.391. The Bertz CT molecular complexity index is 359. The maximum Gasteiger partial charge on any atom is 0.0317 e. The first kappa shape index (κ1) is 12.6. The molecule has 1 nitrogen and oxygen atoms in total. The van der Waals surface area contributed by atoms with Crippen molar-refractivity contribution in [1.29, 1.82) is 0 Å². The summed E-state index contributed by atoms with van der Waals surface area (Å²) in [5.41, 5.74) is 0.391. The lowest BCUT2D eigenvalue weighted by atomic mass is 9.58. The van der Waals surface area contributed by atoms with Gasteiger partial charge in [-0.05, 0) is 52.2 Å². The van der Waals surface area contributed by atoms with Gasteiger partial charge in [0.2, 0.25) is 0 Å². The van der Waals surface area contributed by atoms with Crippen molar-refractivity contribution < 1.29 is 0 Å². The highest BCUT2D eigenvalue weighted by molar-refractivity contribution is 9.10. The lowest BCUT2D eigenvalue weighted by Crippen LogP contribution is -2.55. The van der Waals surface area contributed by atoms with Gasteiger partial charge in [-0.2, -0.15) is 0 Å². The van der Waals surface area contributed by atoms with Crippen LogP contribution in [0, 0.1) is 5.41 Å². The van der Waals surface area contributed by atoms with E-state index >= 15 is 0 Å². The van der Waals surface area contributed by atoms with Crippen LogP contribution in [0.2, 0.25) is 0 Å². The Morgan fingerprint density at radius 1 is 1.56 bits per heavy atom. The summed E-state index contributed by atoms with van der Waals surface area (Å²) in [5, 5.41) is 5.84. The van der Waals surface area contributed by atoms with Crippen LogP contribution in [0.1, 0.15) is 44.4 Å². The highest BCUT2D eigenvalue weighted by atomic mass is 79.9. The Kier molecular flexibility index (Phi) is 3.77. The van der Waals surface area contributed by atoms with E-state index in [0.29, 0.717) is 11.5 Å². The molecule has 1 aliphatic rings. The highest BCUT2D eigenvalue weighted by Crippen LogP contribution is 2.55. The largest absolute Gasteiger partial charge is 0.313 e. The summed E-state index contributed by atoms with van der Waals surface area (Å²) in [6.45, 7) is 8.15. The molecule has 2 atom stereocenters. The average Bonchev–Trinajstić information content (AvgIpc) is 2.63.